The summed E-state index contributed by atoms with van der Waals surface area (Å²) < 4.78 is 0. The molecule has 0 aromatic heterocycles. The van der Waals surface area contributed by atoms with E-state index in [1.807, 2.05) is 30.3 Å². The standard InChI is InChI=1S/C13H18BrNO2/c1-13(2,16)8-11(12(9-14)15-17)10-6-4-3-5-7-10/h3-7,11,16-17H,8-9H2,1-2H3/b15-12+. The number of halogens is 1. The summed E-state index contributed by atoms with van der Waals surface area (Å²) in [6.45, 7) is 3.51. The number of alkyl halides is 1. The summed E-state index contributed by atoms with van der Waals surface area (Å²) >= 11 is 3.31. The Balaban J connectivity index is 3.03. The third kappa shape index (κ3) is 4.48. The number of aliphatic hydroxyl groups is 1. The van der Waals surface area contributed by atoms with Crippen LogP contribution in [-0.2, 0) is 0 Å². The van der Waals surface area contributed by atoms with Gasteiger partial charge >= 0.3 is 0 Å². The highest BCUT2D eigenvalue weighted by atomic mass is 79.9. The minimum Gasteiger partial charge on any atom is -0.411 e. The van der Waals surface area contributed by atoms with Gasteiger partial charge in [-0.3, -0.25) is 0 Å². The maximum absolute atomic E-state index is 9.94. The first kappa shape index (κ1) is 14.2. The average molecular weight is 300 g/mol. The normalized spacial score (nSPS) is 14.7. The lowest BCUT2D eigenvalue weighted by atomic mass is 9.85. The monoisotopic (exact) mass is 299 g/mol. The Labute approximate surface area is 110 Å². The molecule has 1 aromatic carbocycles. The van der Waals surface area contributed by atoms with E-state index in [2.05, 4.69) is 21.1 Å². The van der Waals surface area contributed by atoms with Crippen LogP contribution < -0.4 is 0 Å². The van der Waals surface area contributed by atoms with Gasteiger partial charge in [-0.15, -0.1) is 0 Å². The predicted molar refractivity (Wildman–Crippen MR) is 73.1 cm³/mol. The second-order valence-electron chi connectivity index (χ2n) is 4.70. The van der Waals surface area contributed by atoms with Crippen molar-refractivity contribution in [2.24, 2.45) is 5.16 Å². The first-order chi connectivity index (χ1) is 7.98. The summed E-state index contributed by atoms with van der Waals surface area (Å²) in [5, 5.41) is 22.8. The number of benzene rings is 1. The van der Waals surface area contributed by atoms with Gasteiger partial charge in [0.2, 0.25) is 0 Å². The molecule has 0 aliphatic carbocycles. The molecule has 1 unspecified atom stereocenters. The molecule has 0 saturated heterocycles. The largest absolute Gasteiger partial charge is 0.411 e. The Morgan fingerprint density at radius 3 is 2.35 bits per heavy atom. The van der Waals surface area contributed by atoms with Crippen molar-refractivity contribution < 1.29 is 10.3 Å². The van der Waals surface area contributed by atoms with Crippen molar-refractivity contribution in [1.82, 2.24) is 0 Å². The number of hydrogen-bond acceptors (Lipinski definition) is 3. The highest BCUT2D eigenvalue weighted by Gasteiger charge is 2.25. The molecular formula is C13H18BrNO2. The summed E-state index contributed by atoms with van der Waals surface area (Å²) in [7, 11) is 0. The number of hydrogen-bond donors (Lipinski definition) is 2. The van der Waals surface area contributed by atoms with E-state index in [1.165, 1.54) is 0 Å². The van der Waals surface area contributed by atoms with E-state index in [9.17, 15) is 5.11 Å². The fourth-order valence-corrected chi connectivity index (χ4v) is 2.31. The van der Waals surface area contributed by atoms with E-state index in [1.54, 1.807) is 13.8 Å². The molecule has 0 radical (unpaired) electrons. The molecule has 0 fully saturated rings. The number of rotatable bonds is 5. The molecule has 94 valence electrons. The second-order valence-corrected chi connectivity index (χ2v) is 5.27. The van der Waals surface area contributed by atoms with Gasteiger partial charge in [0.15, 0.2) is 0 Å². The molecule has 1 rings (SSSR count). The van der Waals surface area contributed by atoms with Crippen LogP contribution in [0.25, 0.3) is 0 Å². The van der Waals surface area contributed by atoms with Crippen LogP contribution in [0.15, 0.2) is 35.5 Å². The Kier molecular flexibility index (Phi) is 5.15. The van der Waals surface area contributed by atoms with Crippen molar-refractivity contribution in [3.63, 3.8) is 0 Å². The van der Waals surface area contributed by atoms with Gasteiger partial charge in [0.25, 0.3) is 0 Å². The van der Waals surface area contributed by atoms with Gasteiger partial charge in [-0.25, -0.2) is 0 Å². The molecule has 4 heteroatoms. The predicted octanol–water partition coefficient (Wildman–Crippen LogP) is 3.16. The van der Waals surface area contributed by atoms with Gasteiger partial charge < -0.3 is 10.3 Å². The molecule has 0 aliphatic heterocycles. The molecule has 1 aromatic rings. The van der Waals surface area contributed by atoms with E-state index in [4.69, 9.17) is 5.21 Å². The number of nitrogens with zero attached hydrogens (tertiary/aromatic N) is 1. The molecule has 0 heterocycles. The van der Waals surface area contributed by atoms with Crippen molar-refractivity contribution in [3.8, 4) is 0 Å². The van der Waals surface area contributed by atoms with Crippen LogP contribution in [0, 0.1) is 0 Å². The quantitative estimate of drug-likeness (QED) is 0.380. The minimum atomic E-state index is -0.807. The lowest BCUT2D eigenvalue weighted by Gasteiger charge is -2.25. The molecular weight excluding hydrogens is 282 g/mol. The smallest absolute Gasteiger partial charge is 0.0751 e. The van der Waals surface area contributed by atoms with Crippen LogP contribution in [0.3, 0.4) is 0 Å². The summed E-state index contributed by atoms with van der Waals surface area (Å²) in [5.74, 6) is -0.0828. The fraction of sp³-hybridized carbons (Fsp3) is 0.462. The molecule has 0 amide bonds. The van der Waals surface area contributed by atoms with Gasteiger partial charge in [0, 0.05) is 11.2 Å². The molecule has 0 aliphatic rings. The lowest BCUT2D eigenvalue weighted by molar-refractivity contribution is 0.0685. The van der Waals surface area contributed by atoms with Crippen LogP contribution >= 0.6 is 15.9 Å². The molecule has 0 bridgehead atoms. The Hall–Kier alpha value is -0.870. The summed E-state index contributed by atoms with van der Waals surface area (Å²) in [5.41, 5.74) is 0.860. The third-order valence-corrected chi connectivity index (χ3v) is 3.15. The first-order valence-electron chi connectivity index (χ1n) is 5.52. The van der Waals surface area contributed by atoms with Crippen molar-refractivity contribution in [2.45, 2.75) is 31.8 Å². The minimum absolute atomic E-state index is 0.0828. The zero-order chi connectivity index (χ0) is 12.9. The van der Waals surface area contributed by atoms with E-state index < -0.39 is 5.60 Å². The van der Waals surface area contributed by atoms with Crippen LogP contribution in [0.1, 0.15) is 31.7 Å². The molecule has 0 saturated carbocycles. The molecule has 1 atom stereocenters. The average Bonchev–Trinajstić information content (AvgIpc) is 2.29. The Morgan fingerprint density at radius 1 is 1.35 bits per heavy atom. The zero-order valence-corrected chi connectivity index (χ0v) is 11.7. The van der Waals surface area contributed by atoms with Gasteiger partial charge in [-0.1, -0.05) is 51.4 Å². The lowest BCUT2D eigenvalue weighted by Crippen LogP contribution is -2.27. The number of oxime groups is 1. The van der Waals surface area contributed by atoms with Crippen molar-refractivity contribution in [2.75, 3.05) is 5.33 Å². The first-order valence-corrected chi connectivity index (χ1v) is 6.64. The van der Waals surface area contributed by atoms with E-state index >= 15 is 0 Å². The summed E-state index contributed by atoms with van der Waals surface area (Å²) in [6.07, 6.45) is 0.516. The summed E-state index contributed by atoms with van der Waals surface area (Å²) in [4.78, 5) is 0. The maximum atomic E-state index is 9.94. The van der Waals surface area contributed by atoms with Crippen LogP contribution in [-0.4, -0.2) is 27.0 Å². The zero-order valence-electron chi connectivity index (χ0n) is 10.1. The van der Waals surface area contributed by atoms with Crippen LogP contribution in [0.5, 0.6) is 0 Å². The van der Waals surface area contributed by atoms with Gasteiger partial charge in [0.1, 0.15) is 0 Å². The third-order valence-electron chi connectivity index (χ3n) is 2.57. The highest BCUT2D eigenvalue weighted by Crippen LogP contribution is 2.28. The molecule has 3 nitrogen and oxygen atoms in total. The summed E-state index contributed by atoms with van der Waals surface area (Å²) in [6, 6.07) is 9.77. The topological polar surface area (TPSA) is 52.8 Å². The van der Waals surface area contributed by atoms with Crippen LogP contribution in [0.2, 0.25) is 0 Å². The van der Waals surface area contributed by atoms with Crippen molar-refractivity contribution in [3.05, 3.63) is 35.9 Å². The maximum Gasteiger partial charge on any atom is 0.0751 e. The van der Waals surface area contributed by atoms with Crippen molar-refractivity contribution >= 4 is 21.6 Å². The highest BCUT2D eigenvalue weighted by molar-refractivity contribution is 9.09. The Bertz CT molecular complexity index is 371. The van der Waals surface area contributed by atoms with E-state index in [-0.39, 0.29) is 5.92 Å². The Morgan fingerprint density at radius 2 is 1.94 bits per heavy atom. The second kappa shape index (κ2) is 6.17. The molecule has 2 N–H and O–H groups in total. The van der Waals surface area contributed by atoms with Gasteiger partial charge in [0.05, 0.1) is 11.3 Å². The van der Waals surface area contributed by atoms with Gasteiger partial charge in [-0.2, -0.15) is 0 Å². The van der Waals surface area contributed by atoms with Gasteiger partial charge in [-0.05, 0) is 25.8 Å². The van der Waals surface area contributed by atoms with Crippen molar-refractivity contribution in [1.29, 1.82) is 0 Å². The molecule has 0 spiro atoms. The SMILES string of the molecule is CC(C)(O)CC(/C(CBr)=N/O)c1ccccc1. The van der Waals surface area contributed by atoms with E-state index in [0.29, 0.717) is 17.5 Å². The van der Waals surface area contributed by atoms with E-state index in [0.717, 1.165) is 5.56 Å². The fourth-order valence-electron chi connectivity index (χ4n) is 1.80. The van der Waals surface area contributed by atoms with Crippen LogP contribution in [0.4, 0.5) is 0 Å². The molecule has 17 heavy (non-hydrogen) atoms.